The highest BCUT2D eigenvalue weighted by Gasteiger charge is 2.25. The first-order valence-electron chi connectivity index (χ1n) is 7.65. The van der Waals surface area contributed by atoms with E-state index in [1.807, 2.05) is 29.9 Å². The number of hydrogen-bond donors (Lipinski definition) is 1. The molecule has 0 bridgehead atoms. The van der Waals surface area contributed by atoms with E-state index < -0.39 is 6.10 Å². The first-order valence-corrected chi connectivity index (χ1v) is 7.65. The molecule has 5 heteroatoms. The Morgan fingerprint density at radius 2 is 1.91 bits per heavy atom. The standard InChI is InChI=1S/C17H21N3O2/c1-12(21)17(22)20-10-8-14-15(9-11-20)19(2)18-16(14)13-6-4-3-5-7-13/h3-7,12,21H,8-11H2,1-2H3/t12-/m1/s1. The van der Waals surface area contributed by atoms with Crippen LogP contribution in [0.3, 0.4) is 0 Å². The van der Waals surface area contributed by atoms with Crippen molar-refractivity contribution < 1.29 is 9.90 Å². The maximum absolute atomic E-state index is 12.0. The monoisotopic (exact) mass is 299 g/mol. The van der Waals surface area contributed by atoms with Crippen molar-refractivity contribution in [3.63, 3.8) is 0 Å². The zero-order valence-electron chi connectivity index (χ0n) is 13.0. The van der Waals surface area contributed by atoms with Gasteiger partial charge >= 0.3 is 0 Å². The van der Waals surface area contributed by atoms with Crippen LogP contribution in [0.4, 0.5) is 0 Å². The van der Waals surface area contributed by atoms with E-state index in [-0.39, 0.29) is 5.91 Å². The first-order chi connectivity index (χ1) is 10.6. The summed E-state index contributed by atoms with van der Waals surface area (Å²) in [4.78, 5) is 13.8. The Morgan fingerprint density at radius 3 is 2.59 bits per heavy atom. The molecule has 1 aliphatic rings. The SMILES string of the molecule is C[C@@H](O)C(=O)N1CCc2c(-c3ccccc3)nn(C)c2CC1. The van der Waals surface area contributed by atoms with Crippen LogP contribution in [0.5, 0.6) is 0 Å². The Morgan fingerprint density at radius 1 is 1.23 bits per heavy atom. The summed E-state index contributed by atoms with van der Waals surface area (Å²) < 4.78 is 1.92. The molecule has 0 spiro atoms. The largest absolute Gasteiger partial charge is 0.384 e. The van der Waals surface area contributed by atoms with Crippen LogP contribution in [-0.2, 0) is 24.7 Å². The number of fused-ring (bicyclic) bond motifs is 1. The number of aryl methyl sites for hydroxylation is 1. The molecule has 1 aliphatic heterocycles. The summed E-state index contributed by atoms with van der Waals surface area (Å²) in [6.07, 6.45) is 0.601. The lowest BCUT2D eigenvalue weighted by Crippen LogP contribution is -2.39. The zero-order chi connectivity index (χ0) is 15.7. The lowest BCUT2D eigenvalue weighted by atomic mass is 10.0. The predicted octanol–water partition coefficient (Wildman–Crippen LogP) is 1.40. The predicted molar refractivity (Wildman–Crippen MR) is 84.3 cm³/mol. The molecule has 1 aromatic heterocycles. The summed E-state index contributed by atoms with van der Waals surface area (Å²) in [7, 11) is 1.96. The fourth-order valence-electron chi connectivity index (χ4n) is 3.09. The molecule has 22 heavy (non-hydrogen) atoms. The van der Waals surface area contributed by atoms with Crippen molar-refractivity contribution in [3.8, 4) is 11.3 Å². The normalized spacial score (nSPS) is 16.0. The molecule has 1 aromatic carbocycles. The van der Waals surface area contributed by atoms with Crippen LogP contribution in [-0.4, -0.2) is 44.9 Å². The van der Waals surface area contributed by atoms with Crippen LogP contribution in [0.25, 0.3) is 11.3 Å². The van der Waals surface area contributed by atoms with E-state index in [1.165, 1.54) is 18.2 Å². The lowest BCUT2D eigenvalue weighted by Gasteiger charge is -2.21. The average Bonchev–Trinajstić information content (AvgIpc) is 2.71. The molecule has 0 saturated heterocycles. The van der Waals surface area contributed by atoms with Crippen molar-refractivity contribution in [1.82, 2.24) is 14.7 Å². The molecule has 0 saturated carbocycles. The van der Waals surface area contributed by atoms with E-state index in [2.05, 4.69) is 17.2 Å². The Hall–Kier alpha value is -2.14. The molecule has 1 atom stereocenters. The van der Waals surface area contributed by atoms with Gasteiger partial charge in [0.05, 0.1) is 5.69 Å². The van der Waals surface area contributed by atoms with Gasteiger partial charge in [0.15, 0.2) is 0 Å². The van der Waals surface area contributed by atoms with Gasteiger partial charge in [-0.1, -0.05) is 30.3 Å². The summed E-state index contributed by atoms with van der Waals surface area (Å²) in [5, 5.41) is 14.2. The summed E-state index contributed by atoms with van der Waals surface area (Å²) in [6, 6.07) is 10.1. The van der Waals surface area contributed by atoms with E-state index in [4.69, 9.17) is 0 Å². The van der Waals surface area contributed by atoms with Crippen molar-refractivity contribution in [3.05, 3.63) is 41.6 Å². The molecule has 1 N–H and O–H groups in total. The molecular weight excluding hydrogens is 278 g/mol. The van der Waals surface area contributed by atoms with Crippen LogP contribution in [0, 0.1) is 0 Å². The van der Waals surface area contributed by atoms with Gasteiger partial charge in [-0.05, 0) is 13.3 Å². The van der Waals surface area contributed by atoms with Gasteiger partial charge in [0, 0.05) is 43.4 Å². The number of carbonyl (C=O) groups is 1. The number of amides is 1. The molecule has 0 aliphatic carbocycles. The summed E-state index contributed by atoms with van der Waals surface area (Å²) in [5.41, 5.74) is 4.51. The fourth-order valence-corrected chi connectivity index (χ4v) is 3.09. The van der Waals surface area contributed by atoms with Crippen LogP contribution in [0.1, 0.15) is 18.2 Å². The minimum absolute atomic E-state index is 0.193. The Bertz CT molecular complexity index is 677. The molecule has 0 radical (unpaired) electrons. The Balaban J connectivity index is 1.92. The molecule has 3 rings (SSSR count). The molecule has 5 nitrogen and oxygen atoms in total. The molecule has 2 aromatic rings. The van der Waals surface area contributed by atoms with E-state index in [9.17, 15) is 9.90 Å². The van der Waals surface area contributed by atoms with Gasteiger partial charge < -0.3 is 10.0 Å². The van der Waals surface area contributed by atoms with Crippen LogP contribution >= 0.6 is 0 Å². The van der Waals surface area contributed by atoms with E-state index in [0.717, 1.165) is 24.1 Å². The number of aliphatic hydroxyl groups excluding tert-OH is 1. The third kappa shape index (κ3) is 2.64. The van der Waals surface area contributed by atoms with Gasteiger partial charge in [-0.25, -0.2) is 0 Å². The van der Waals surface area contributed by atoms with Crippen LogP contribution in [0.2, 0.25) is 0 Å². The lowest BCUT2D eigenvalue weighted by molar-refractivity contribution is -0.139. The van der Waals surface area contributed by atoms with Crippen LogP contribution < -0.4 is 0 Å². The fraction of sp³-hybridized carbons (Fsp3) is 0.412. The second kappa shape index (κ2) is 5.93. The number of rotatable bonds is 2. The third-order valence-electron chi connectivity index (χ3n) is 4.24. The molecule has 2 heterocycles. The van der Waals surface area contributed by atoms with Gasteiger partial charge in [-0.15, -0.1) is 0 Å². The molecule has 0 fully saturated rings. The highest BCUT2D eigenvalue weighted by molar-refractivity contribution is 5.80. The number of aliphatic hydroxyl groups is 1. The van der Waals surface area contributed by atoms with Crippen molar-refractivity contribution in [2.75, 3.05) is 13.1 Å². The summed E-state index contributed by atoms with van der Waals surface area (Å²) in [6.45, 7) is 2.78. The maximum atomic E-state index is 12.0. The molecule has 116 valence electrons. The van der Waals surface area contributed by atoms with Crippen molar-refractivity contribution in [1.29, 1.82) is 0 Å². The maximum Gasteiger partial charge on any atom is 0.251 e. The molecule has 0 unspecified atom stereocenters. The average molecular weight is 299 g/mol. The van der Waals surface area contributed by atoms with E-state index >= 15 is 0 Å². The minimum atomic E-state index is -0.937. The number of benzene rings is 1. The highest BCUT2D eigenvalue weighted by atomic mass is 16.3. The van der Waals surface area contributed by atoms with Gasteiger partial charge in [0.25, 0.3) is 5.91 Å². The number of nitrogens with zero attached hydrogens (tertiary/aromatic N) is 3. The summed E-state index contributed by atoms with van der Waals surface area (Å²) >= 11 is 0. The van der Waals surface area contributed by atoms with Gasteiger partial charge in [-0.3, -0.25) is 9.48 Å². The smallest absolute Gasteiger partial charge is 0.251 e. The third-order valence-corrected chi connectivity index (χ3v) is 4.24. The Kier molecular flexibility index (Phi) is 3.98. The highest BCUT2D eigenvalue weighted by Crippen LogP contribution is 2.27. The zero-order valence-corrected chi connectivity index (χ0v) is 13.0. The first kappa shape index (κ1) is 14.8. The number of hydrogen-bond acceptors (Lipinski definition) is 3. The summed E-state index contributed by atoms with van der Waals surface area (Å²) in [5.74, 6) is -0.193. The quantitative estimate of drug-likeness (QED) is 0.912. The minimum Gasteiger partial charge on any atom is -0.384 e. The van der Waals surface area contributed by atoms with Crippen molar-refractivity contribution in [2.24, 2.45) is 7.05 Å². The van der Waals surface area contributed by atoms with Gasteiger partial charge in [0.1, 0.15) is 6.10 Å². The number of carbonyl (C=O) groups excluding carboxylic acids is 1. The van der Waals surface area contributed by atoms with Crippen molar-refractivity contribution >= 4 is 5.91 Å². The second-order valence-corrected chi connectivity index (χ2v) is 5.76. The van der Waals surface area contributed by atoms with E-state index in [0.29, 0.717) is 13.1 Å². The van der Waals surface area contributed by atoms with Crippen LogP contribution in [0.15, 0.2) is 30.3 Å². The van der Waals surface area contributed by atoms with Gasteiger partial charge in [0.2, 0.25) is 0 Å². The molecule has 1 amide bonds. The topological polar surface area (TPSA) is 58.4 Å². The molecular formula is C17H21N3O2. The Labute approximate surface area is 130 Å². The number of aromatic nitrogens is 2. The van der Waals surface area contributed by atoms with E-state index in [1.54, 1.807) is 4.90 Å². The van der Waals surface area contributed by atoms with Crippen molar-refractivity contribution in [2.45, 2.75) is 25.9 Å². The van der Waals surface area contributed by atoms with Gasteiger partial charge in [-0.2, -0.15) is 5.10 Å². The second-order valence-electron chi connectivity index (χ2n) is 5.76.